The first-order valence-electron chi connectivity index (χ1n) is 5.03. The van der Waals surface area contributed by atoms with E-state index in [1.165, 1.54) is 0 Å². The summed E-state index contributed by atoms with van der Waals surface area (Å²) >= 11 is 0. The van der Waals surface area contributed by atoms with Crippen LogP contribution >= 0.6 is 0 Å². The number of hydrogen-bond donors (Lipinski definition) is 2. The van der Waals surface area contributed by atoms with Gasteiger partial charge in [0, 0.05) is 6.61 Å². The van der Waals surface area contributed by atoms with Gasteiger partial charge >= 0.3 is 5.97 Å². The van der Waals surface area contributed by atoms with Crippen molar-refractivity contribution >= 4 is 5.97 Å². The minimum absolute atomic E-state index is 0.131. The second-order valence-corrected chi connectivity index (χ2v) is 4.52. The highest BCUT2D eigenvalue weighted by molar-refractivity contribution is 5.76. The molecule has 0 aliphatic heterocycles. The number of carboxylic acid groups (broad SMARTS) is 1. The van der Waals surface area contributed by atoms with E-state index in [1.54, 1.807) is 0 Å². The molecule has 3 atom stereocenters. The van der Waals surface area contributed by atoms with E-state index in [1.807, 2.05) is 0 Å². The van der Waals surface area contributed by atoms with E-state index in [0.717, 1.165) is 25.7 Å². The van der Waals surface area contributed by atoms with Crippen molar-refractivity contribution in [3.8, 4) is 0 Å². The summed E-state index contributed by atoms with van der Waals surface area (Å²) in [4.78, 5) is 11.2. The molecule has 2 bridgehead atoms. The van der Waals surface area contributed by atoms with Gasteiger partial charge in [0.25, 0.3) is 0 Å². The maximum Gasteiger partial charge on any atom is 0.309 e. The van der Waals surface area contributed by atoms with Gasteiger partial charge in [0.05, 0.1) is 5.41 Å². The Kier molecular flexibility index (Phi) is 2.06. The van der Waals surface area contributed by atoms with Crippen LogP contribution in [-0.4, -0.2) is 22.8 Å². The summed E-state index contributed by atoms with van der Waals surface area (Å²) in [7, 11) is 0. The fourth-order valence-electron chi connectivity index (χ4n) is 3.30. The predicted molar refractivity (Wildman–Crippen MR) is 47.2 cm³/mol. The highest BCUT2D eigenvalue weighted by atomic mass is 16.4. The van der Waals surface area contributed by atoms with Gasteiger partial charge in [-0.05, 0) is 43.9 Å². The monoisotopic (exact) mass is 184 g/mol. The number of carbonyl (C=O) groups is 1. The zero-order valence-corrected chi connectivity index (χ0v) is 7.70. The van der Waals surface area contributed by atoms with E-state index >= 15 is 0 Å². The van der Waals surface area contributed by atoms with Crippen molar-refractivity contribution in [2.24, 2.45) is 17.3 Å². The van der Waals surface area contributed by atoms with Crippen molar-refractivity contribution in [2.75, 3.05) is 6.61 Å². The molecular weight excluding hydrogens is 168 g/mol. The fourth-order valence-corrected chi connectivity index (χ4v) is 3.30. The van der Waals surface area contributed by atoms with E-state index in [4.69, 9.17) is 5.11 Å². The lowest BCUT2D eigenvalue weighted by Crippen LogP contribution is -2.34. The molecule has 2 fully saturated rings. The number of aliphatic hydroxyl groups excluding tert-OH is 1. The molecule has 2 N–H and O–H groups in total. The number of fused-ring (bicyclic) bond motifs is 2. The Hall–Kier alpha value is -0.570. The van der Waals surface area contributed by atoms with Crippen LogP contribution in [0.4, 0.5) is 0 Å². The van der Waals surface area contributed by atoms with Crippen LogP contribution in [0, 0.1) is 17.3 Å². The maximum absolute atomic E-state index is 11.2. The van der Waals surface area contributed by atoms with Crippen molar-refractivity contribution in [1.82, 2.24) is 0 Å². The summed E-state index contributed by atoms with van der Waals surface area (Å²) in [6, 6.07) is 0. The molecule has 2 aliphatic rings. The van der Waals surface area contributed by atoms with Gasteiger partial charge in [0.15, 0.2) is 0 Å². The van der Waals surface area contributed by atoms with E-state index in [9.17, 15) is 9.90 Å². The molecule has 0 aromatic carbocycles. The van der Waals surface area contributed by atoms with Crippen LogP contribution in [0.3, 0.4) is 0 Å². The SMILES string of the molecule is O=C(O)C12CCC(CC1CCO)C2. The summed E-state index contributed by atoms with van der Waals surface area (Å²) in [6.07, 6.45) is 4.45. The molecule has 0 heterocycles. The first-order chi connectivity index (χ1) is 6.19. The minimum Gasteiger partial charge on any atom is -0.481 e. The van der Waals surface area contributed by atoms with Crippen molar-refractivity contribution < 1.29 is 15.0 Å². The van der Waals surface area contributed by atoms with Crippen LogP contribution in [0.1, 0.15) is 32.1 Å². The Morgan fingerprint density at radius 1 is 1.54 bits per heavy atom. The lowest BCUT2D eigenvalue weighted by atomic mass is 9.73. The maximum atomic E-state index is 11.2. The zero-order chi connectivity index (χ0) is 9.47. The average molecular weight is 184 g/mol. The number of aliphatic hydroxyl groups is 1. The molecule has 0 aromatic rings. The molecule has 13 heavy (non-hydrogen) atoms. The Bertz CT molecular complexity index is 226. The quantitative estimate of drug-likeness (QED) is 0.694. The van der Waals surface area contributed by atoms with Crippen LogP contribution in [0.2, 0.25) is 0 Å². The lowest BCUT2D eigenvalue weighted by molar-refractivity contribution is -0.151. The van der Waals surface area contributed by atoms with Crippen LogP contribution in [0.5, 0.6) is 0 Å². The molecule has 3 heteroatoms. The Labute approximate surface area is 77.8 Å². The third-order valence-electron chi connectivity index (χ3n) is 3.95. The number of aliphatic carboxylic acids is 1. The highest BCUT2D eigenvalue weighted by Gasteiger charge is 2.56. The molecule has 2 rings (SSSR count). The third-order valence-corrected chi connectivity index (χ3v) is 3.95. The number of hydrogen-bond acceptors (Lipinski definition) is 2. The van der Waals surface area contributed by atoms with Crippen molar-refractivity contribution in [3.63, 3.8) is 0 Å². The summed E-state index contributed by atoms with van der Waals surface area (Å²) in [5, 5.41) is 18.1. The molecule has 74 valence electrons. The number of rotatable bonds is 3. The molecule has 0 saturated heterocycles. The molecule has 3 unspecified atom stereocenters. The summed E-state index contributed by atoms with van der Waals surface area (Å²) in [5.41, 5.74) is -0.465. The van der Waals surface area contributed by atoms with Crippen LogP contribution in [0.15, 0.2) is 0 Å². The average Bonchev–Trinajstić information content (AvgIpc) is 2.62. The molecular formula is C10H16O3. The molecule has 0 radical (unpaired) electrons. The van der Waals surface area contributed by atoms with E-state index in [0.29, 0.717) is 12.3 Å². The zero-order valence-electron chi connectivity index (χ0n) is 7.70. The summed E-state index contributed by atoms with van der Waals surface area (Å²) in [6.45, 7) is 0.131. The fraction of sp³-hybridized carbons (Fsp3) is 0.900. The molecule has 2 aliphatic carbocycles. The van der Waals surface area contributed by atoms with Gasteiger partial charge < -0.3 is 10.2 Å². The van der Waals surface area contributed by atoms with Crippen LogP contribution in [-0.2, 0) is 4.79 Å². The Morgan fingerprint density at radius 3 is 2.85 bits per heavy atom. The van der Waals surface area contributed by atoms with Gasteiger partial charge in [0.1, 0.15) is 0 Å². The van der Waals surface area contributed by atoms with Crippen molar-refractivity contribution in [1.29, 1.82) is 0 Å². The second kappa shape index (κ2) is 2.98. The second-order valence-electron chi connectivity index (χ2n) is 4.52. The Balaban J connectivity index is 2.17. The predicted octanol–water partition coefficient (Wildman–Crippen LogP) is 1.26. The molecule has 2 saturated carbocycles. The standard InChI is InChI=1S/C10H16O3/c11-4-2-8-5-7-1-3-10(8,6-7)9(12)13/h7-8,11H,1-6H2,(H,12,13). The largest absolute Gasteiger partial charge is 0.481 e. The van der Waals surface area contributed by atoms with Crippen molar-refractivity contribution in [2.45, 2.75) is 32.1 Å². The van der Waals surface area contributed by atoms with Gasteiger partial charge in [-0.3, -0.25) is 4.79 Å². The van der Waals surface area contributed by atoms with Crippen LogP contribution in [0.25, 0.3) is 0 Å². The topological polar surface area (TPSA) is 57.5 Å². The first-order valence-corrected chi connectivity index (χ1v) is 5.03. The van der Waals surface area contributed by atoms with Crippen LogP contribution < -0.4 is 0 Å². The van der Waals surface area contributed by atoms with E-state index in [2.05, 4.69) is 0 Å². The van der Waals surface area contributed by atoms with Crippen molar-refractivity contribution in [3.05, 3.63) is 0 Å². The smallest absolute Gasteiger partial charge is 0.309 e. The molecule has 3 nitrogen and oxygen atoms in total. The highest BCUT2D eigenvalue weighted by Crippen LogP contribution is 2.58. The Morgan fingerprint density at radius 2 is 2.31 bits per heavy atom. The third kappa shape index (κ3) is 1.17. The van der Waals surface area contributed by atoms with Gasteiger partial charge in [-0.25, -0.2) is 0 Å². The molecule has 0 aromatic heterocycles. The van der Waals surface area contributed by atoms with Gasteiger partial charge in [-0.15, -0.1) is 0 Å². The lowest BCUT2D eigenvalue weighted by Gasteiger charge is -2.30. The van der Waals surface area contributed by atoms with E-state index < -0.39 is 11.4 Å². The first kappa shape index (κ1) is 9.00. The minimum atomic E-state index is -0.633. The normalized spacial score (nSPS) is 42.5. The molecule has 0 amide bonds. The number of carboxylic acids is 1. The van der Waals surface area contributed by atoms with Gasteiger partial charge in [0.2, 0.25) is 0 Å². The summed E-state index contributed by atoms with van der Waals surface area (Å²) < 4.78 is 0. The van der Waals surface area contributed by atoms with E-state index in [-0.39, 0.29) is 12.5 Å². The van der Waals surface area contributed by atoms with Gasteiger partial charge in [-0.2, -0.15) is 0 Å². The summed E-state index contributed by atoms with van der Waals surface area (Å²) in [5.74, 6) is 0.215. The molecule has 0 spiro atoms. The van der Waals surface area contributed by atoms with Gasteiger partial charge in [-0.1, -0.05) is 0 Å².